The number of hydrogen-bond donors (Lipinski definition) is 1. The number of hydrogen-bond acceptors (Lipinski definition) is 3. The molecule has 1 fully saturated rings. The molecule has 0 radical (unpaired) electrons. The van der Waals surface area contributed by atoms with Gasteiger partial charge in [0.2, 0.25) is 0 Å². The third-order valence-electron chi connectivity index (χ3n) is 4.62. The first-order valence-corrected chi connectivity index (χ1v) is 8.35. The van der Waals surface area contributed by atoms with E-state index >= 15 is 0 Å². The highest BCUT2D eigenvalue weighted by Crippen LogP contribution is 2.32. The van der Waals surface area contributed by atoms with Gasteiger partial charge >= 0.3 is 12.1 Å². The Kier molecular flexibility index (Phi) is 5.03. The molecule has 5 nitrogen and oxygen atoms in total. The van der Waals surface area contributed by atoms with E-state index in [0.29, 0.717) is 6.54 Å². The summed E-state index contributed by atoms with van der Waals surface area (Å²) >= 11 is 0. The van der Waals surface area contributed by atoms with Crippen molar-refractivity contribution in [2.45, 2.75) is 31.9 Å². The lowest BCUT2D eigenvalue weighted by atomic mass is 9.95. The zero-order valence-corrected chi connectivity index (χ0v) is 14.1. The maximum atomic E-state index is 12.4. The summed E-state index contributed by atoms with van der Waals surface area (Å²) < 4.78 is 5.42. The molecule has 5 heteroatoms. The van der Waals surface area contributed by atoms with Gasteiger partial charge in [0.25, 0.3) is 0 Å². The maximum Gasteiger partial charge on any atom is 0.410 e. The quantitative estimate of drug-likeness (QED) is 0.917. The van der Waals surface area contributed by atoms with Gasteiger partial charge in [-0.25, -0.2) is 9.59 Å². The van der Waals surface area contributed by atoms with Crippen LogP contribution in [0.5, 0.6) is 0 Å². The van der Waals surface area contributed by atoms with Gasteiger partial charge in [-0.2, -0.15) is 0 Å². The normalized spacial score (nSPS) is 19.6. The van der Waals surface area contributed by atoms with E-state index in [1.54, 1.807) is 23.1 Å². The molecule has 3 rings (SSSR count). The van der Waals surface area contributed by atoms with Crippen LogP contribution in [0.1, 0.15) is 40.7 Å². The van der Waals surface area contributed by atoms with Crippen LogP contribution in [-0.4, -0.2) is 34.7 Å². The highest BCUT2D eigenvalue weighted by atomic mass is 16.6. The molecule has 1 saturated heterocycles. The van der Waals surface area contributed by atoms with Gasteiger partial charge in [0.15, 0.2) is 0 Å². The summed E-state index contributed by atoms with van der Waals surface area (Å²) in [7, 11) is 0. The van der Waals surface area contributed by atoms with Crippen LogP contribution in [0.4, 0.5) is 4.79 Å². The molecule has 2 atom stereocenters. The first kappa shape index (κ1) is 17.0. The highest BCUT2D eigenvalue weighted by Gasteiger charge is 2.34. The second-order valence-corrected chi connectivity index (χ2v) is 6.40. The minimum atomic E-state index is -0.938. The van der Waals surface area contributed by atoms with Gasteiger partial charge in [0.1, 0.15) is 6.61 Å². The van der Waals surface area contributed by atoms with Gasteiger partial charge in [0, 0.05) is 18.5 Å². The van der Waals surface area contributed by atoms with Crippen LogP contribution in [0.3, 0.4) is 0 Å². The van der Waals surface area contributed by atoms with Crippen molar-refractivity contribution in [1.29, 1.82) is 0 Å². The van der Waals surface area contributed by atoms with E-state index in [0.717, 1.165) is 17.5 Å². The summed E-state index contributed by atoms with van der Waals surface area (Å²) in [5, 5.41) is 9.14. The van der Waals surface area contributed by atoms with Crippen molar-refractivity contribution in [2.75, 3.05) is 6.54 Å². The molecule has 1 heterocycles. The lowest BCUT2D eigenvalue weighted by Gasteiger charge is -2.21. The first-order valence-electron chi connectivity index (χ1n) is 8.35. The average molecular weight is 339 g/mol. The van der Waals surface area contributed by atoms with E-state index < -0.39 is 5.97 Å². The van der Waals surface area contributed by atoms with Gasteiger partial charge in [-0.05, 0) is 36.6 Å². The van der Waals surface area contributed by atoms with E-state index in [2.05, 4.69) is 0 Å². The molecule has 25 heavy (non-hydrogen) atoms. The van der Waals surface area contributed by atoms with Crippen LogP contribution in [-0.2, 0) is 11.3 Å². The fraction of sp³-hybridized carbons (Fsp3) is 0.300. The van der Waals surface area contributed by atoms with Gasteiger partial charge < -0.3 is 14.7 Å². The Hall–Kier alpha value is -2.82. The Morgan fingerprint density at radius 3 is 2.64 bits per heavy atom. The number of rotatable bonds is 4. The molecule has 2 aromatic rings. The maximum absolute atomic E-state index is 12.4. The zero-order valence-electron chi connectivity index (χ0n) is 14.1. The minimum Gasteiger partial charge on any atom is -0.478 e. The fourth-order valence-electron chi connectivity index (χ4n) is 3.25. The molecular weight excluding hydrogens is 318 g/mol. The summed E-state index contributed by atoms with van der Waals surface area (Å²) in [4.78, 5) is 25.3. The number of carbonyl (C=O) groups excluding carboxylic acids is 1. The lowest BCUT2D eigenvalue weighted by molar-refractivity contribution is 0.0696. The van der Waals surface area contributed by atoms with E-state index in [-0.39, 0.29) is 30.2 Å². The molecule has 2 unspecified atom stereocenters. The Bertz CT molecular complexity index is 759. The van der Waals surface area contributed by atoms with E-state index in [1.165, 1.54) is 0 Å². The summed E-state index contributed by atoms with van der Waals surface area (Å²) in [6, 6.07) is 16.6. The molecule has 1 aliphatic rings. The molecule has 130 valence electrons. The molecule has 0 aromatic heterocycles. The second-order valence-electron chi connectivity index (χ2n) is 6.40. The fourth-order valence-corrected chi connectivity index (χ4v) is 3.25. The van der Waals surface area contributed by atoms with E-state index in [9.17, 15) is 9.59 Å². The molecule has 1 amide bonds. The molecule has 2 aromatic carbocycles. The topological polar surface area (TPSA) is 66.8 Å². The SMILES string of the molecule is CC1CC(c2cccc(C(=O)O)c2)CN1C(=O)OCc1ccccc1. The Balaban J connectivity index is 1.63. The molecule has 0 spiro atoms. The van der Waals surface area contributed by atoms with Crippen LogP contribution in [0.25, 0.3) is 0 Å². The van der Waals surface area contributed by atoms with Gasteiger partial charge in [0.05, 0.1) is 5.56 Å². The van der Waals surface area contributed by atoms with Crippen molar-refractivity contribution >= 4 is 12.1 Å². The standard InChI is InChI=1S/C20H21NO4/c1-14-10-18(16-8-5-9-17(11-16)19(22)23)12-21(14)20(24)25-13-15-6-3-2-4-7-15/h2-9,11,14,18H,10,12-13H2,1H3,(H,22,23). The van der Waals surface area contributed by atoms with Crippen molar-refractivity contribution in [3.8, 4) is 0 Å². The summed E-state index contributed by atoms with van der Waals surface area (Å²) in [6.07, 6.45) is 0.469. The third-order valence-corrected chi connectivity index (χ3v) is 4.62. The van der Waals surface area contributed by atoms with Crippen LogP contribution >= 0.6 is 0 Å². The minimum absolute atomic E-state index is 0.0572. The zero-order chi connectivity index (χ0) is 17.8. The van der Waals surface area contributed by atoms with Crippen LogP contribution in [0, 0.1) is 0 Å². The summed E-state index contributed by atoms with van der Waals surface area (Å²) in [5.74, 6) is -0.814. The second kappa shape index (κ2) is 7.38. The van der Waals surface area contributed by atoms with Crippen molar-refractivity contribution in [1.82, 2.24) is 4.90 Å². The lowest BCUT2D eigenvalue weighted by Crippen LogP contribution is -2.34. The first-order chi connectivity index (χ1) is 12.0. The van der Waals surface area contributed by atoms with Gasteiger partial charge in [-0.15, -0.1) is 0 Å². The monoisotopic (exact) mass is 339 g/mol. The highest BCUT2D eigenvalue weighted by molar-refractivity contribution is 5.87. The Morgan fingerprint density at radius 2 is 1.92 bits per heavy atom. The predicted molar refractivity (Wildman–Crippen MR) is 93.6 cm³/mol. The number of aromatic carboxylic acids is 1. The van der Waals surface area contributed by atoms with Crippen molar-refractivity contribution in [2.24, 2.45) is 0 Å². The number of carboxylic acids is 1. The average Bonchev–Trinajstić information content (AvgIpc) is 3.02. The summed E-state index contributed by atoms with van der Waals surface area (Å²) in [5.41, 5.74) is 2.17. The van der Waals surface area contributed by atoms with Gasteiger partial charge in [-0.1, -0.05) is 42.5 Å². The molecule has 0 aliphatic carbocycles. The molecule has 0 saturated carbocycles. The number of benzene rings is 2. The third kappa shape index (κ3) is 3.99. The molecule has 1 aliphatic heterocycles. The molecule has 0 bridgehead atoms. The van der Waals surface area contributed by atoms with Crippen molar-refractivity contribution < 1.29 is 19.4 Å². The number of ether oxygens (including phenoxy) is 1. The van der Waals surface area contributed by atoms with E-state index in [1.807, 2.05) is 43.3 Å². The molecular formula is C20H21NO4. The van der Waals surface area contributed by atoms with E-state index in [4.69, 9.17) is 9.84 Å². The molecule has 1 N–H and O–H groups in total. The Morgan fingerprint density at radius 1 is 1.16 bits per heavy atom. The Labute approximate surface area is 146 Å². The number of amides is 1. The van der Waals surface area contributed by atoms with Gasteiger partial charge in [-0.3, -0.25) is 0 Å². The van der Waals surface area contributed by atoms with Crippen LogP contribution < -0.4 is 0 Å². The largest absolute Gasteiger partial charge is 0.478 e. The van der Waals surface area contributed by atoms with Crippen LogP contribution in [0.2, 0.25) is 0 Å². The number of carbonyl (C=O) groups is 2. The smallest absolute Gasteiger partial charge is 0.410 e. The van der Waals surface area contributed by atoms with Crippen molar-refractivity contribution in [3.63, 3.8) is 0 Å². The predicted octanol–water partition coefficient (Wildman–Crippen LogP) is 3.90. The number of carboxylic acid groups (broad SMARTS) is 1. The number of nitrogens with zero attached hydrogens (tertiary/aromatic N) is 1. The number of likely N-dealkylation sites (tertiary alicyclic amines) is 1. The summed E-state index contributed by atoms with van der Waals surface area (Å²) in [6.45, 7) is 2.78. The van der Waals surface area contributed by atoms with Crippen LogP contribution in [0.15, 0.2) is 54.6 Å². The van der Waals surface area contributed by atoms with Crippen molar-refractivity contribution in [3.05, 3.63) is 71.3 Å².